The number of nitrogens with one attached hydrogen (secondary N) is 1. The lowest BCUT2D eigenvalue weighted by Gasteiger charge is -2.14. The summed E-state index contributed by atoms with van der Waals surface area (Å²) in [5.41, 5.74) is 6.77. The molecular weight excluding hydrogens is 268 g/mol. The SMILES string of the molecule is CC(CCc1ccccc1)Nc1nc(N)ccc1[N+](=O)[O-]. The van der Waals surface area contributed by atoms with Crippen LogP contribution in [0.25, 0.3) is 0 Å². The third-order valence-corrected chi connectivity index (χ3v) is 3.18. The summed E-state index contributed by atoms with van der Waals surface area (Å²) >= 11 is 0. The molecule has 21 heavy (non-hydrogen) atoms. The third kappa shape index (κ3) is 4.17. The van der Waals surface area contributed by atoms with Crippen LogP contribution in [0.5, 0.6) is 0 Å². The quantitative estimate of drug-likeness (QED) is 0.628. The minimum absolute atomic E-state index is 0.0539. The molecule has 0 saturated carbocycles. The molecule has 0 amide bonds. The summed E-state index contributed by atoms with van der Waals surface area (Å²) in [6.45, 7) is 1.97. The largest absolute Gasteiger partial charge is 0.384 e. The highest BCUT2D eigenvalue weighted by Gasteiger charge is 2.17. The molecular formula is C15H18N4O2. The van der Waals surface area contributed by atoms with E-state index in [2.05, 4.69) is 22.4 Å². The predicted octanol–water partition coefficient (Wildman–Crippen LogP) is 3.01. The van der Waals surface area contributed by atoms with Gasteiger partial charge in [-0.05, 0) is 31.4 Å². The Labute approximate surface area is 123 Å². The number of nitrogens with two attached hydrogens (primary N) is 1. The fourth-order valence-electron chi connectivity index (χ4n) is 2.05. The second-order valence-corrected chi connectivity index (χ2v) is 4.93. The van der Waals surface area contributed by atoms with Gasteiger partial charge < -0.3 is 11.1 Å². The van der Waals surface area contributed by atoms with Crippen molar-refractivity contribution in [3.63, 3.8) is 0 Å². The maximum atomic E-state index is 11.0. The van der Waals surface area contributed by atoms with Gasteiger partial charge in [0.15, 0.2) is 0 Å². The van der Waals surface area contributed by atoms with Gasteiger partial charge in [-0.3, -0.25) is 10.1 Å². The molecule has 1 unspecified atom stereocenters. The molecule has 3 N–H and O–H groups in total. The molecule has 0 saturated heterocycles. The lowest BCUT2D eigenvalue weighted by molar-refractivity contribution is -0.384. The fourth-order valence-corrected chi connectivity index (χ4v) is 2.05. The van der Waals surface area contributed by atoms with Gasteiger partial charge in [-0.2, -0.15) is 0 Å². The summed E-state index contributed by atoms with van der Waals surface area (Å²) < 4.78 is 0. The van der Waals surface area contributed by atoms with Gasteiger partial charge in [0, 0.05) is 12.1 Å². The Morgan fingerprint density at radius 3 is 2.67 bits per heavy atom. The second-order valence-electron chi connectivity index (χ2n) is 4.93. The maximum absolute atomic E-state index is 11.0. The monoisotopic (exact) mass is 286 g/mol. The van der Waals surface area contributed by atoms with Gasteiger partial charge in [0.05, 0.1) is 4.92 Å². The van der Waals surface area contributed by atoms with E-state index in [1.54, 1.807) is 0 Å². The molecule has 1 heterocycles. The van der Waals surface area contributed by atoms with Gasteiger partial charge in [0.1, 0.15) is 5.82 Å². The predicted molar refractivity (Wildman–Crippen MR) is 83.2 cm³/mol. The number of benzene rings is 1. The van der Waals surface area contributed by atoms with Gasteiger partial charge >= 0.3 is 5.69 Å². The summed E-state index contributed by atoms with van der Waals surface area (Å²) in [4.78, 5) is 14.5. The molecule has 0 aliphatic carbocycles. The van der Waals surface area contributed by atoms with Crippen molar-refractivity contribution in [2.75, 3.05) is 11.1 Å². The number of hydrogen-bond acceptors (Lipinski definition) is 5. The van der Waals surface area contributed by atoms with Crippen molar-refractivity contribution < 1.29 is 4.92 Å². The van der Waals surface area contributed by atoms with Crippen LogP contribution >= 0.6 is 0 Å². The zero-order valence-corrected chi connectivity index (χ0v) is 11.8. The number of aryl methyl sites for hydroxylation is 1. The van der Waals surface area contributed by atoms with Crippen LogP contribution in [0.2, 0.25) is 0 Å². The molecule has 0 aliphatic rings. The topological polar surface area (TPSA) is 94.1 Å². The second kappa shape index (κ2) is 6.69. The first-order chi connectivity index (χ1) is 10.1. The highest BCUT2D eigenvalue weighted by Crippen LogP contribution is 2.24. The average Bonchev–Trinajstić information content (AvgIpc) is 2.46. The molecule has 0 bridgehead atoms. The fraction of sp³-hybridized carbons (Fsp3) is 0.267. The summed E-state index contributed by atoms with van der Waals surface area (Å²) in [5, 5.41) is 14.0. The Morgan fingerprint density at radius 1 is 1.29 bits per heavy atom. The molecule has 2 aromatic rings. The van der Waals surface area contributed by atoms with Crippen molar-refractivity contribution in [2.45, 2.75) is 25.8 Å². The van der Waals surface area contributed by atoms with Crippen LogP contribution in [-0.2, 0) is 6.42 Å². The van der Waals surface area contributed by atoms with E-state index in [-0.39, 0.29) is 23.4 Å². The van der Waals surface area contributed by atoms with Crippen LogP contribution in [0.3, 0.4) is 0 Å². The van der Waals surface area contributed by atoms with E-state index in [4.69, 9.17) is 5.73 Å². The summed E-state index contributed by atoms with van der Waals surface area (Å²) in [7, 11) is 0. The molecule has 0 aliphatic heterocycles. The Hall–Kier alpha value is -2.63. The minimum atomic E-state index is -0.460. The first kappa shape index (κ1) is 14.8. The number of rotatable bonds is 6. The van der Waals surface area contributed by atoms with Crippen molar-refractivity contribution in [1.82, 2.24) is 4.98 Å². The number of nitro groups is 1. The van der Waals surface area contributed by atoms with Crippen LogP contribution in [0.1, 0.15) is 18.9 Å². The molecule has 1 aromatic heterocycles. The molecule has 2 rings (SSSR count). The van der Waals surface area contributed by atoms with Crippen LogP contribution in [-0.4, -0.2) is 15.9 Å². The molecule has 0 radical (unpaired) electrons. The number of anilines is 2. The van der Waals surface area contributed by atoms with Crippen molar-refractivity contribution >= 4 is 17.3 Å². The van der Waals surface area contributed by atoms with Gasteiger partial charge in [-0.15, -0.1) is 0 Å². The van der Waals surface area contributed by atoms with E-state index < -0.39 is 4.92 Å². The lowest BCUT2D eigenvalue weighted by Crippen LogP contribution is -2.18. The van der Waals surface area contributed by atoms with Crippen LogP contribution in [0.15, 0.2) is 42.5 Å². The Morgan fingerprint density at radius 2 is 2.00 bits per heavy atom. The highest BCUT2D eigenvalue weighted by molar-refractivity contribution is 5.59. The normalized spacial score (nSPS) is 11.9. The maximum Gasteiger partial charge on any atom is 0.311 e. The van der Waals surface area contributed by atoms with E-state index in [0.29, 0.717) is 0 Å². The van der Waals surface area contributed by atoms with E-state index in [0.717, 1.165) is 12.8 Å². The molecule has 1 atom stereocenters. The third-order valence-electron chi connectivity index (χ3n) is 3.18. The van der Waals surface area contributed by atoms with Crippen molar-refractivity contribution in [3.8, 4) is 0 Å². The standard InChI is InChI=1S/C15H18N4O2/c1-11(7-8-12-5-3-2-4-6-12)17-15-13(19(20)21)9-10-14(16)18-15/h2-6,9-11H,7-8H2,1H3,(H3,16,17,18). The molecule has 6 nitrogen and oxygen atoms in total. The van der Waals surface area contributed by atoms with Crippen molar-refractivity contribution in [1.29, 1.82) is 0 Å². The van der Waals surface area contributed by atoms with Gasteiger partial charge in [0.2, 0.25) is 5.82 Å². The Kier molecular flexibility index (Phi) is 4.71. The number of nitrogens with zero attached hydrogens (tertiary/aromatic N) is 2. The molecule has 0 fully saturated rings. The molecule has 6 heteroatoms. The zero-order valence-electron chi connectivity index (χ0n) is 11.8. The van der Waals surface area contributed by atoms with Crippen LogP contribution in [0.4, 0.5) is 17.3 Å². The number of hydrogen-bond donors (Lipinski definition) is 2. The molecule has 1 aromatic carbocycles. The average molecular weight is 286 g/mol. The Balaban J connectivity index is 2.01. The van der Waals surface area contributed by atoms with Crippen LogP contribution < -0.4 is 11.1 Å². The highest BCUT2D eigenvalue weighted by atomic mass is 16.6. The summed E-state index contributed by atoms with van der Waals surface area (Å²) in [5.74, 6) is 0.485. The summed E-state index contributed by atoms with van der Waals surface area (Å²) in [6.07, 6.45) is 1.74. The van der Waals surface area contributed by atoms with E-state index in [1.165, 1.54) is 17.7 Å². The van der Waals surface area contributed by atoms with Crippen molar-refractivity contribution in [3.05, 3.63) is 58.1 Å². The first-order valence-corrected chi connectivity index (χ1v) is 6.77. The van der Waals surface area contributed by atoms with E-state index in [1.807, 2.05) is 25.1 Å². The van der Waals surface area contributed by atoms with Crippen LogP contribution in [0, 0.1) is 10.1 Å². The number of aromatic nitrogens is 1. The Bertz CT molecular complexity index is 616. The summed E-state index contributed by atoms with van der Waals surface area (Å²) in [6, 6.07) is 13.0. The zero-order chi connectivity index (χ0) is 15.2. The lowest BCUT2D eigenvalue weighted by atomic mass is 10.1. The van der Waals surface area contributed by atoms with E-state index >= 15 is 0 Å². The molecule has 0 spiro atoms. The van der Waals surface area contributed by atoms with Crippen molar-refractivity contribution in [2.24, 2.45) is 0 Å². The van der Waals surface area contributed by atoms with E-state index in [9.17, 15) is 10.1 Å². The first-order valence-electron chi connectivity index (χ1n) is 6.77. The van der Waals surface area contributed by atoms with Gasteiger partial charge in [-0.25, -0.2) is 4.98 Å². The molecule has 110 valence electrons. The number of nitrogen functional groups attached to an aromatic ring is 1. The smallest absolute Gasteiger partial charge is 0.311 e. The number of pyridine rings is 1. The minimum Gasteiger partial charge on any atom is -0.384 e. The van der Waals surface area contributed by atoms with Gasteiger partial charge in [-0.1, -0.05) is 30.3 Å². The van der Waals surface area contributed by atoms with Gasteiger partial charge in [0.25, 0.3) is 0 Å².